The zero-order chi connectivity index (χ0) is 16.5. The molecule has 0 spiro atoms. The van der Waals surface area contributed by atoms with Gasteiger partial charge in [0.15, 0.2) is 0 Å². The van der Waals surface area contributed by atoms with Gasteiger partial charge in [0, 0.05) is 25.7 Å². The van der Waals surface area contributed by atoms with Crippen LogP contribution in [0.4, 0.5) is 0 Å². The highest BCUT2D eigenvalue weighted by Gasteiger charge is 2.14. The molecule has 5 heteroatoms. The zero-order valence-corrected chi connectivity index (χ0v) is 13.7. The number of carbonyl (C=O) groups excluding carboxylic acids is 1. The Morgan fingerprint density at radius 3 is 2.83 bits per heavy atom. The van der Waals surface area contributed by atoms with Crippen LogP contribution in [-0.2, 0) is 17.8 Å². The Labute approximate surface area is 137 Å². The molecule has 1 aromatic carbocycles. The number of hydrogen-bond acceptors (Lipinski definition) is 3. The van der Waals surface area contributed by atoms with Crippen LogP contribution in [0.3, 0.4) is 0 Å². The fraction of sp³-hybridized carbons (Fsp3) is 0.444. The first kappa shape index (κ1) is 17.2. The van der Waals surface area contributed by atoms with Crippen LogP contribution in [0.25, 0.3) is 0 Å². The average Bonchev–Trinajstić information content (AvgIpc) is 2.99. The van der Waals surface area contributed by atoms with Gasteiger partial charge < -0.3 is 15.6 Å². The molecule has 0 aliphatic rings. The van der Waals surface area contributed by atoms with E-state index in [4.69, 9.17) is 5.73 Å². The molecule has 0 saturated heterocycles. The first-order valence-corrected chi connectivity index (χ1v) is 8.27. The number of nitrogens with one attached hydrogen (secondary N) is 1. The Bertz CT molecular complexity index is 594. The fourth-order valence-corrected chi connectivity index (χ4v) is 2.43. The second-order valence-corrected chi connectivity index (χ2v) is 5.83. The number of imidazole rings is 1. The lowest BCUT2D eigenvalue weighted by molar-refractivity contribution is -0.122. The monoisotopic (exact) mass is 314 g/mol. The van der Waals surface area contributed by atoms with Gasteiger partial charge in [0.25, 0.3) is 0 Å². The first-order chi connectivity index (χ1) is 11.2. The zero-order valence-electron chi connectivity index (χ0n) is 13.7. The van der Waals surface area contributed by atoms with Crippen molar-refractivity contribution in [2.24, 2.45) is 5.73 Å². The van der Waals surface area contributed by atoms with Gasteiger partial charge in [-0.05, 0) is 12.0 Å². The molecule has 0 unspecified atom stereocenters. The molecule has 0 fully saturated rings. The van der Waals surface area contributed by atoms with E-state index in [1.54, 1.807) is 6.33 Å². The van der Waals surface area contributed by atoms with E-state index in [9.17, 15) is 4.79 Å². The van der Waals surface area contributed by atoms with Gasteiger partial charge in [-0.3, -0.25) is 4.79 Å². The maximum atomic E-state index is 11.9. The van der Waals surface area contributed by atoms with E-state index in [1.807, 2.05) is 29.0 Å². The van der Waals surface area contributed by atoms with Gasteiger partial charge >= 0.3 is 0 Å². The molecule has 1 atom stereocenters. The van der Waals surface area contributed by atoms with Gasteiger partial charge in [0.05, 0.1) is 18.1 Å². The van der Waals surface area contributed by atoms with E-state index in [1.165, 1.54) is 5.56 Å². The second-order valence-electron chi connectivity index (χ2n) is 5.83. The van der Waals surface area contributed by atoms with Crippen molar-refractivity contribution in [1.29, 1.82) is 0 Å². The Morgan fingerprint density at radius 2 is 2.09 bits per heavy atom. The van der Waals surface area contributed by atoms with Crippen LogP contribution >= 0.6 is 0 Å². The fourth-order valence-electron chi connectivity index (χ4n) is 2.43. The lowest BCUT2D eigenvalue weighted by atomic mass is 10.1. The standard InChI is InChI=1S/C18H26N4O/c1-2-3-7-10-20-18(23)17(19)11-16-13-22(14-21-16)12-15-8-5-4-6-9-15/h4-6,8-9,13-14,17H,2-3,7,10-12,19H2,1H3,(H,20,23)/t17-/m0/s1. The van der Waals surface area contributed by atoms with Crippen LogP contribution in [0, 0.1) is 0 Å². The highest BCUT2D eigenvalue weighted by Crippen LogP contribution is 2.05. The lowest BCUT2D eigenvalue weighted by Gasteiger charge is -2.10. The number of hydrogen-bond donors (Lipinski definition) is 2. The van der Waals surface area contributed by atoms with Crippen molar-refractivity contribution in [3.05, 3.63) is 54.1 Å². The Morgan fingerprint density at radius 1 is 1.30 bits per heavy atom. The number of rotatable bonds is 9. The van der Waals surface area contributed by atoms with Crippen molar-refractivity contribution in [1.82, 2.24) is 14.9 Å². The third-order valence-electron chi connectivity index (χ3n) is 3.74. The molecule has 124 valence electrons. The van der Waals surface area contributed by atoms with Crippen LogP contribution in [0.2, 0.25) is 0 Å². The van der Waals surface area contributed by atoms with Crippen LogP contribution in [0.5, 0.6) is 0 Å². The molecule has 2 aromatic rings. The number of nitrogens with zero attached hydrogens (tertiary/aromatic N) is 2. The Balaban J connectivity index is 1.80. The van der Waals surface area contributed by atoms with Gasteiger partial charge in [0.2, 0.25) is 5.91 Å². The number of carbonyl (C=O) groups is 1. The van der Waals surface area contributed by atoms with Gasteiger partial charge in [-0.1, -0.05) is 50.1 Å². The predicted octanol–water partition coefficient (Wildman–Crippen LogP) is 2.11. The molecule has 2 rings (SSSR count). The maximum absolute atomic E-state index is 11.9. The van der Waals surface area contributed by atoms with Crippen LogP contribution in [-0.4, -0.2) is 28.0 Å². The summed E-state index contributed by atoms with van der Waals surface area (Å²) in [5.41, 5.74) is 8.03. The summed E-state index contributed by atoms with van der Waals surface area (Å²) in [5, 5.41) is 2.89. The molecule has 0 aliphatic carbocycles. The van der Waals surface area contributed by atoms with Crippen LogP contribution in [0.1, 0.15) is 37.4 Å². The minimum atomic E-state index is -0.545. The molecule has 3 N–H and O–H groups in total. The molecule has 1 aromatic heterocycles. The third kappa shape index (κ3) is 5.87. The third-order valence-corrected chi connectivity index (χ3v) is 3.74. The van der Waals surface area contributed by atoms with Crippen LogP contribution in [0.15, 0.2) is 42.9 Å². The molecule has 1 heterocycles. The van der Waals surface area contributed by atoms with Crippen molar-refractivity contribution in [2.45, 2.75) is 45.2 Å². The Hall–Kier alpha value is -2.14. The predicted molar refractivity (Wildman–Crippen MR) is 92.0 cm³/mol. The normalized spacial score (nSPS) is 12.1. The van der Waals surface area contributed by atoms with E-state index < -0.39 is 6.04 Å². The average molecular weight is 314 g/mol. The molecular weight excluding hydrogens is 288 g/mol. The summed E-state index contributed by atoms with van der Waals surface area (Å²) in [6.07, 6.45) is 7.47. The van der Waals surface area contributed by atoms with Crippen molar-refractivity contribution < 1.29 is 4.79 Å². The summed E-state index contributed by atoms with van der Waals surface area (Å²) in [5.74, 6) is -0.0984. The molecule has 1 amide bonds. The van der Waals surface area contributed by atoms with Crippen molar-refractivity contribution in [3.8, 4) is 0 Å². The largest absolute Gasteiger partial charge is 0.355 e. The van der Waals surface area contributed by atoms with Gasteiger partial charge in [0.1, 0.15) is 0 Å². The SMILES string of the molecule is CCCCCNC(=O)[C@@H](N)Cc1cn(Cc2ccccc2)cn1. The van der Waals surface area contributed by atoms with Crippen molar-refractivity contribution in [3.63, 3.8) is 0 Å². The summed E-state index contributed by atoms with van der Waals surface area (Å²) in [6.45, 7) is 3.61. The lowest BCUT2D eigenvalue weighted by Crippen LogP contribution is -2.42. The Kier molecular flexibility index (Phi) is 6.81. The number of benzene rings is 1. The number of unbranched alkanes of at least 4 members (excludes halogenated alkanes) is 2. The second kappa shape index (κ2) is 9.10. The van der Waals surface area contributed by atoms with Gasteiger partial charge in [-0.2, -0.15) is 0 Å². The smallest absolute Gasteiger partial charge is 0.237 e. The molecule has 0 bridgehead atoms. The number of aromatic nitrogens is 2. The minimum absolute atomic E-state index is 0.0984. The summed E-state index contributed by atoms with van der Waals surface area (Å²) < 4.78 is 2.01. The van der Waals surface area contributed by atoms with Crippen molar-refractivity contribution >= 4 is 5.91 Å². The highest BCUT2D eigenvalue weighted by molar-refractivity contribution is 5.81. The van der Waals surface area contributed by atoms with E-state index >= 15 is 0 Å². The van der Waals surface area contributed by atoms with Gasteiger partial charge in [-0.15, -0.1) is 0 Å². The summed E-state index contributed by atoms with van der Waals surface area (Å²) in [7, 11) is 0. The van der Waals surface area contributed by atoms with Crippen molar-refractivity contribution in [2.75, 3.05) is 6.54 Å². The summed E-state index contributed by atoms with van der Waals surface area (Å²) in [4.78, 5) is 16.3. The summed E-state index contributed by atoms with van der Waals surface area (Å²) in [6, 6.07) is 9.65. The van der Waals surface area contributed by atoms with Gasteiger partial charge in [-0.25, -0.2) is 4.98 Å². The minimum Gasteiger partial charge on any atom is -0.355 e. The number of nitrogens with two attached hydrogens (primary N) is 1. The van der Waals surface area contributed by atoms with E-state index in [0.717, 1.165) is 31.5 Å². The topological polar surface area (TPSA) is 72.9 Å². The molecule has 0 radical (unpaired) electrons. The van der Waals surface area contributed by atoms with E-state index in [-0.39, 0.29) is 5.91 Å². The molecule has 0 aliphatic heterocycles. The highest BCUT2D eigenvalue weighted by atomic mass is 16.2. The summed E-state index contributed by atoms with van der Waals surface area (Å²) >= 11 is 0. The maximum Gasteiger partial charge on any atom is 0.237 e. The quantitative estimate of drug-likeness (QED) is 0.696. The first-order valence-electron chi connectivity index (χ1n) is 8.27. The molecule has 5 nitrogen and oxygen atoms in total. The molecule has 23 heavy (non-hydrogen) atoms. The molecular formula is C18H26N4O. The molecule has 0 saturated carbocycles. The number of amides is 1. The van der Waals surface area contributed by atoms with E-state index in [2.05, 4.69) is 29.4 Å². The van der Waals surface area contributed by atoms with E-state index in [0.29, 0.717) is 13.0 Å². The van der Waals surface area contributed by atoms with Crippen LogP contribution < -0.4 is 11.1 Å².